The summed E-state index contributed by atoms with van der Waals surface area (Å²) in [4.78, 5) is 11.4. The van der Waals surface area contributed by atoms with Gasteiger partial charge in [-0.05, 0) is 37.5 Å². The van der Waals surface area contributed by atoms with E-state index >= 15 is 0 Å². The number of nitrogens with two attached hydrogens (primary N) is 1. The highest BCUT2D eigenvalue weighted by Crippen LogP contribution is 2.22. The van der Waals surface area contributed by atoms with Gasteiger partial charge >= 0.3 is 6.03 Å². The predicted octanol–water partition coefficient (Wildman–Crippen LogP) is 2.00. The summed E-state index contributed by atoms with van der Waals surface area (Å²) in [5.74, 6) is -0.474. The molecule has 1 saturated carbocycles. The topological polar surface area (TPSA) is 67.2 Å². The van der Waals surface area contributed by atoms with Crippen molar-refractivity contribution in [1.82, 2.24) is 5.32 Å². The summed E-state index contributed by atoms with van der Waals surface area (Å²) in [7, 11) is 0. The number of aryl methyl sites for hydroxylation is 1. The van der Waals surface area contributed by atoms with E-state index in [1.54, 1.807) is 6.92 Å². The minimum Gasteiger partial charge on any atom is -0.398 e. The molecule has 86 valence electrons. The van der Waals surface area contributed by atoms with E-state index in [0.717, 1.165) is 12.8 Å². The Morgan fingerprint density at radius 3 is 2.81 bits per heavy atom. The summed E-state index contributed by atoms with van der Waals surface area (Å²) in [6, 6.07) is 2.59. The third-order valence-electron chi connectivity index (χ3n) is 2.52. The lowest BCUT2D eigenvalue weighted by Gasteiger charge is -2.09. The van der Waals surface area contributed by atoms with Crippen molar-refractivity contribution in [3.63, 3.8) is 0 Å². The van der Waals surface area contributed by atoms with E-state index in [9.17, 15) is 9.18 Å². The van der Waals surface area contributed by atoms with Gasteiger partial charge in [0.1, 0.15) is 5.82 Å². The minimum absolute atomic E-state index is 0.112. The zero-order chi connectivity index (χ0) is 11.7. The van der Waals surface area contributed by atoms with E-state index in [1.165, 1.54) is 12.1 Å². The molecule has 0 bridgehead atoms. The first kappa shape index (κ1) is 10.7. The molecule has 1 aliphatic carbocycles. The second-order valence-electron chi connectivity index (χ2n) is 4.06. The molecule has 1 aliphatic rings. The van der Waals surface area contributed by atoms with Crippen molar-refractivity contribution >= 4 is 17.4 Å². The molecule has 0 heterocycles. The van der Waals surface area contributed by atoms with Crippen molar-refractivity contribution in [1.29, 1.82) is 0 Å². The number of rotatable bonds is 2. The molecule has 0 aromatic heterocycles. The minimum atomic E-state index is -0.474. The monoisotopic (exact) mass is 223 g/mol. The molecule has 0 unspecified atom stereocenters. The third-order valence-corrected chi connectivity index (χ3v) is 2.52. The van der Waals surface area contributed by atoms with Gasteiger partial charge in [-0.2, -0.15) is 0 Å². The van der Waals surface area contributed by atoms with E-state index < -0.39 is 5.82 Å². The van der Waals surface area contributed by atoms with Crippen molar-refractivity contribution in [2.24, 2.45) is 0 Å². The first-order valence-corrected chi connectivity index (χ1v) is 5.19. The van der Waals surface area contributed by atoms with Crippen molar-refractivity contribution in [3.05, 3.63) is 23.5 Å². The van der Waals surface area contributed by atoms with Crippen LogP contribution in [0.15, 0.2) is 12.1 Å². The summed E-state index contributed by atoms with van der Waals surface area (Å²) in [6.07, 6.45) is 1.98. The molecular weight excluding hydrogens is 209 g/mol. The Balaban J connectivity index is 2.07. The number of benzene rings is 1. The Hall–Kier alpha value is -1.78. The Morgan fingerprint density at radius 2 is 2.19 bits per heavy atom. The summed E-state index contributed by atoms with van der Waals surface area (Å²) in [6.45, 7) is 1.71. The van der Waals surface area contributed by atoms with Crippen molar-refractivity contribution in [2.45, 2.75) is 25.8 Å². The molecule has 0 saturated heterocycles. The van der Waals surface area contributed by atoms with Gasteiger partial charge in [0, 0.05) is 11.7 Å². The molecule has 0 spiro atoms. The zero-order valence-corrected chi connectivity index (χ0v) is 9.01. The molecule has 4 N–H and O–H groups in total. The van der Waals surface area contributed by atoms with Crippen LogP contribution in [-0.4, -0.2) is 12.1 Å². The molecular formula is C11H14FN3O. The lowest BCUT2D eigenvalue weighted by atomic mass is 10.2. The second kappa shape index (κ2) is 4.00. The lowest BCUT2D eigenvalue weighted by Crippen LogP contribution is -2.30. The Morgan fingerprint density at radius 1 is 1.50 bits per heavy atom. The Bertz CT molecular complexity index is 429. The van der Waals surface area contributed by atoms with Crippen LogP contribution in [0.3, 0.4) is 0 Å². The summed E-state index contributed by atoms with van der Waals surface area (Å²) in [5, 5.41) is 5.15. The molecule has 1 aromatic rings. The predicted molar refractivity (Wildman–Crippen MR) is 60.7 cm³/mol. The van der Waals surface area contributed by atoms with Gasteiger partial charge in [0.15, 0.2) is 0 Å². The highest BCUT2D eigenvalue weighted by molar-refractivity contribution is 5.90. The van der Waals surface area contributed by atoms with Gasteiger partial charge in [0.25, 0.3) is 0 Å². The van der Waals surface area contributed by atoms with Crippen LogP contribution in [0, 0.1) is 12.7 Å². The van der Waals surface area contributed by atoms with Crippen molar-refractivity contribution in [2.75, 3.05) is 11.1 Å². The Kier molecular flexibility index (Phi) is 2.68. The fourth-order valence-electron chi connectivity index (χ4n) is 1.36. The number of carbonyl (C=O) groups is 1. The molecule has 16 heavy (non-hydrogen) atoms. The molecule has 0 radical (unpaired) electrons. The number of hydrogen-bond acceptors (Lipinski definition) is 2. The number of carbonyl (C=O) groups excluding carboxylic acids is 1. The van der Waals surface area contributed by atoms with Crippen LogP contribution in [0.25, 0.3) is 0 Å². The summed E-state index contributed by atoms with van der Waals surface area (Å²) >= 11 is 0. The third kappa shape index (κ3) is 2.42. The maximum atomic E-state index is 13.4. The van der Waals surface area contributed by atoms with Gasteiger partial charge in [0.2, 0.25) is 0 Å². The number of nitrogen functional groups attached to an aromatic ring is 1. The average molecular weight is 223 g/mol. The first-order chi connectivity index (χ1) is 7.56. The smallest absolute Gasteiger partial charge is 0.319 e. The quantitative estimate of drug-likeness (QED) is 0.671. The van der Waals surface area contributed by atoms with Crippen LogP contribution in [0.2, 0.25) is 0 Å². The molecule has 2 amide bonds. The molecule has 0 aliphatic heterocycles. The van der Waals surface area contributed by atoms with Crippen LogP contribution < -0.4 is 16.4 Å². The number of urea groups is 1. The van der Waals surface area contributed by atoms with Crippen LogP contribution in [-0.2, 0) is 0 Å². The van der Waals surface area contributed by atoms with Gasteiger partial charge in [-0.15, -0.1) is 0 Å². The van der Waals surface area contributed by atoms with E-state index in [0.29, 0.717) is 11.3 Å². The van der Waals surface area contributed by atoms with Gasteiger partial charge in [-0.1, -0.05) is 0 Å². The lowest BCUT2D eigenvalue weighted by molar-refractivity contribution is 0.251. The Labute approximate surface area is 93.0 Å². The van der Waals surface area contributed by atoms with Crippen LogP contribution >= 0.6 is 0 Å². The van der Waals surface area contributed by atoms with E-state index in [1.807, 2.05) is 0 Å². The van der Waals surface area contributed by atoms with Gasteiger partial charge in [0.05, 0.1) is 5.69 Å². The van der Waals surface area contributed by atoms with Crippen LogP contribution in [0.4, 0.5) is 20.6 Å². The van der Waals surface area contributed by atoms with Gasteiger partial charge in [-0.25, -0.2) is 9.18 Å². The van der Waals surface area contributed by atoms with Crippen LogP contribution in [0.1, 0.15) is 18.4 Å². The summed E-state index contributed by atoms with van der Waals surface area (Å²) in [5.41, 5.74) is 6.87. The number of anilines is 2. The average Bonchev–Trinajstić information content (AvgIpc) is 2.98. The number of halogens is 1. The van der Waals surface area contributed by atoms with Crippen LogP contribution in [0.5, 0.6) is 0 Å². The molecule has 1 aromatic carbocycles. The number of amides is 2. The van der Waals surface area contributed by atoms with E-state index in [-0.39, 0.29) is 17.8 Å². The number of nitrogens with one attached hydrogen (secondary N) is 2. The normalized spacial score (nSPS) is 14.6. The fraction of sp³-hybridized carbons (Fsp3) is 0.364. The van der Waals surface area contributed by atoms with Crippen molar-refractivity contribution < 1.29 is 9.18 Å². The van der Waals surface area contributed by atoms with E-state index in [4.69, 9.17) is 5.73 Å². The van der Waals surface area contributed by atoms with Crippen molar-refractivity contribution in [3.8, 4) is 0 Å². The molecule has 5 heteroatoms. The standard InChI is InChI=1S/C11H14FN3O/c1-6-4-8(12)10(5-9(6)13)15-11(16)14-7-2-3-7/h4-5,7H,2-3,13H2,1H3,(H2,14,15,16). The molecule has 4 nitrogen and oxygen atoms in total. The second-order valence-corrected chi connectivity index (χ2v) is 4.06. The highest BCUT2D eigenvalue weighted by Gasteiger charge is 2.23. The summed E-state index contributed by atoms with van der Waals surface area (Å²) < 4.78 is 13.4. The number of hydrogen-bond donors (Lipinski definition) is 3. The maximum absolute atomic E-state index is 13.4. The fourth-order valence-corrected chi connectivity index (χ4v) is 1.36. The van der Waals surface area contributed by atoms with Gasteiger partial charge < -0.3 is 16.4 Å². The van der Waals surface area contributed by atoms with E-state index in [2.05, 4.69) is 10.6 Å². The zero-order valence-electron chi connectivity index (χ0n) is 9.01. The molecule has 2 rings (SSSR count). The maximum Gasteiger partial charge on any atom is 0.319 e. The van der Waals surface area contributed by atoms with Gasteiger partial charge in [-0.3, -0.25) is 0 Å². The first-order valence-electron chi connectivity index (χ1n) is 5.19. The SMILES string of the molecule is Cc1cc(F)c(NC(=O)NC2CC2)cc1N. The highest BCUT2D eigenvalue weighted by atomic mass is 19.1. The molecule has 0 atom stereocenters. The largest absolute Gasteiger partial charge is 0.398 e. The molecule has 1 fully saturated rings.